The molecular formula is C20H27F2N3O2. The highest BCUT2D eigenvalue weighted by Gasteiger charge is 2.16. The first kappa shape index (κ1) is 21.0. The lowest BCUT2D eigenvalue weighted by Gasteiger charge is -2.20. The third-order valence-corrected chi connectivity index (χ3v) is 4.56. The number of allylic oxidation sites excluding steroid dienone is 1. The van der Waals surface area contributed by atoms with Crippen LogP contribution in [0.25, 0.3) is 0 Å². The summed E-state index contributed by atoms with van der Waals surface area (Å²) in [5.74, 6) is -2.40. The van der Waals surface area contributed by atoms with Gasteiger partial charge in [0.05, 0.1) is 13.1 Å². The predicted molar refractivity (Wildman–Crippen MR) is 101 cm³/mol. The number of benzene rings is 1. The summed E-state index contributed by atoms with van der Waals surface area (Å²) >= 11 is 0. The average molecular weight is 379 g/mol. The van der Waals surface area contributed by atoms with Gasteiger partial charge in [0.1, 0.15) is 17.3 Å². The van der Waals surface area contributed by atoms with Gasteiger partial charge in [-0.25, -0.2) is 8.78 Å². The Morgan fingerprint density at radius 1 is 1.11 bits per heavy atom. The fourth-order valence-electron chi connectivity index (χ4n) is 3.03. The molecule has 0 unspecified atom stereocenters. The van der Waals surface area contributed by atoms with Crippen LogP contribution in [0, 0.1) is 11.6 Å². The van der Waals surface area contributed by atoms with Crippen LogP contribution < -0.4 is 10.6 Å². The van der Waals surface area contributed by atoms with E-state index in [-0.39, 0.29) is 19.0 Å². The van der Waals surface area contributed by atoms with Crippen molar-refractivity contribution in [3.05, 3.63) is 41.5 Å². The number of amides is 2. The SMILES string of the molecule is CCN(CC(=O)NCCC1=CCCCC1)CC(=O)Nc1c(F)cccc1F. The smallest absolute Gasteiger partial charge is 0.238 e. The minimum Gasteiger partial charge on any atom is -0.355 e. The molecule has 0 spiro atoms. The molecule has 1 aliphatic rings. The van der Waals surface area contributed by atoms with E-state index < -0.39 is 23.2 Å². The first-order valence-electron chi connectivity index (χ1n) is 9.40. The van der Waals surface area contributed by atoms with Gasteiger partial charge in [0.15, 0.2) is 0 Å². The zero-order chi connectivity index (χ0) is 19.6. The summed E-state index contributed by atoms with van der Waals surface area (Å²) < 4.78 is 27.2. The topological polar surface area (TPSA) is 61.4 Å². The number of hydrogen-bond acceptors (Lipinski definition) is 3. The average Bonchev–Trinajstić information content (AvgIpc) is 2.65. The van der Waals surface area contributed by atoms with Gasteiger partial charge in [0.2, 0.25) is 11.8 Å². The number of nitrogens with one attached hydrogen (secondary N) is 2. The van der Waals surface area contributed by atoms with Gasteiger partial charge in [-0.1, -0.05) is 24.6 Å². The van der Waals surface area contributed by atoms with Crippen molar-refractivity contribution in [3.63, 3.8) is 0 Å². The predicted octanol–water partition coefficient (Wildman–Crippen LogP) is 3.23. The van der Waals surface area contributed by atoms with E-state index in [0.717, 1.165) is 31.4 Å². The number of carbonyl (C=O) groups is 2. The number of carbonyl (C=O) groups excluding carboxylic acids is 2. The second kappa shape index (κ2) is 10.8. The van der Waals surface area contributed by atoms with Gasteiger partial charge >= 0.3 is 0 Å². The molecule has 0 saturated carbocycles. The van der Waals surface area contributed by atoms with Gasteiger partial charge in [-0.05, 0) is 50.8 Å². The molecule has 2 N–H and O–H groups in total. The Hall–Kier alpha value is -2.28. The Morgan fingerprint density at radius 2 is 1.81 bits per heavy atom. The van der Waals surface area contributed by atoms with Gasteiger partial charge in [-0.2, -0.15) is 0 Å². The van der Waals surface area contributed by atoms with Crippen LogP contribution in [0.5, 0.6) is 0 Å². The molecule has 0 heterocycles. The summed E-state index contributed by atoms with van der Waals surface area (Å²) in [4.78, 5) is 25.8. The fourth-order valence-corrected chi connectivity index (χ4v) is 3.03. The molecule has 1 aliphatic carbocycles. The van der Waals surface area contributed by atoms with Crippen LogP contribution in [0.2, 0.25) is 0 Å². The third-order valence-electron chi connectivity index (χ3n) is 4.56. The number of likely N-dealkylation sites (N-methyl/N-ethyl adjacent to an activating group) is 1. The Labute approximate surface area is 158 Å². The van der Waals surface area contributed by atoms with E-state index in [9.17, 15) is 18.4 Å². The summed E-state index contributed by atoms with van der Waals surface area (Å²) in [5, 5.41) is 5.10. The first-order chi connectivity index (χ1) is 13.0. The van der Waals surface area contributed by atoms with Crippen LogP contribution >= 0.6 is 0 Å². The minimum atomic E-state index is -0.832. The van der Waals surface area contributed by atoms with E-state index in [1.807, 2.05) is 6.92 Å². The third kappa shape index (κ3) is 7.09. The van der Waals surface area contributed by atoms with Crippen molar-refractivity contribution in [3.8, 4) is 0 Å². The number of rotatable bonds is 9. The number of nitrogens with zero attached hydrogens (tertiary/aromatic N) is 1. The van der Waals surface area contributed by atoms with E-state index in [2.05, 4.69) is 16.7 Å². The molecule has 0 aromatic heterocycles. The normalized spacial score (nSPS) is 14.0. The Kier molecular flexibility index (Phi) is 8.39. The molecule has 0 aliphatic heterocycles. The summed E-state index contributed by atoms with van der Waals surface area (Å²) in [5.41, 5.74) is 0.920. The highest BCUT2D eigenvalue weighted by Crippen LogP contribution is 2.19. The molecule has 2 rings (SSSR count). The zero-order valence-electron chi connectivity index (χ0n) is 15.7. The van der Waals surface area contributed by atoms with Gasteiger partial charge in [-0.3, -0.25) is 14.5 Å². The molecular weight excluding hydrogens is 352 g/mol. The van der Waals surface area contributed by atoms with Gasteiger partial charge in [0, 0.05) is 6.54 Å². The van der Waals surface area contributed by atoms with Crippen molar-refractivity contribution in [2.24, 2.45) is 0 Å². The van der Waals surface area contributed by atoms with Crippen LogP contribution in [0.15, 0.2) is 29.8 Å². The lowest BCUT2D eigenvalue weighted by molar-refractivity contribution is -0.123. The van der Waals surface area contributed by atoms with Crippen LogP contribution in [0.3, 0.4) is 0 Å². The molecule has 0 bridgehead atoms. The van der Waals surface area contributed by atoms with E-state index >= 15 is 0 Å². The molecule has 0 radical (unpaired) electrons. The lowest BCUT2D eigenvalue weighted by Crippen LogP contribution is -2.41. The molecule has 1 aromatic carbocycles. The van der Waals surface area contributed by atoms with E-state index in [1.165, 1.54) is 24.5 Å². The maximum Gasteiger partial charge on any atom is 0.238 e. The monoisotopic (exact) mass is 379 g/mol. The summed E-state index contributed by atoms with van der Waals surface area (Å²) in [6, 6.07) is 3.38. The zero-order valence-corrected chi connectivity index (χ0v) is 15.7. The van der Waals surface area contributed by atoms with Crippen molar-refractivity contribution in [2.75, 3.05) is 31.5 Å². The van der Waals surface area contributed by atoms with E-state index in [0.29, 0.717) is 13.1 Å². The minimum absolute atomic E-state index is 0.0583. The van der Waals surface area contributed by atoms with Crippen molar-refractivity contribution >= 4 is 17.5 Å². The quantitative estimate of drug-likeness (QED) is 0.648. The van der Waals surface area contributed by atoms with Crippen LogP contribution in [-0.4, -0.2) is 42.9 Å². The molecule has 148 valence electrons. The fraction of sp³-hybridized carbons (Fsp3) is 0.500. The van der Waals surface area contributed by atoms with E-state index in [4.69, 9.17) is 0 Å². The highest BCUT2D eigenvalue weighted by atomic mass is 19.1. The van der Waals surface area contributed by atoms with E-state index in [1.54, 1.807) is 4.90 Å². The molecule has 5 nitrogen and oxygen atoms in total. The Balaban J connectivity index is 1.75. The number of anilines is 1. The van der Waals surface area contributed by atoms with Crippen molar-refractivity contribution in [2.45, 2.75) is 39.0 Å². The molecule has 0 fully saturated rings. The van der Waals surface area contributed by atoms with Gasteiger partial charge < -0.3 is 10.6 Å². The van der Waals surface area contributed by atoms with Gasteiger partial charge in [-0.15, -0.1) is 0 Å². The standard InChI is InChI=1S/C20H27F2N3O2/c1-2-25(13-18(26)23-12-11-15-7-4-3-5-8-15)14-19(27)24-20-16(21)9-6-10-17(20)22/h6-7,9-10H,2-5,8,11-14H2,1H3,(H,23,26)(H,24,27). The summed E-state index contributed by atoms with van der Waals surface area (Å²) in [6.45, 7) is 2.79. The molecule has 1 aromatic rings. The van der Waals surface area contributed by atoms with Crippen molar-refractivity contribution < 1.29 is 18.4 Å². The van der Waals surface area contributed by atoms with Crippen molar-refractivity contribution in [1.82, 2.24) is 10.2 Å². The maximum absolute atomic E-state index is 13.6. The van der Waals surface area contributed by atoms with Gasteiger partial charge in [0.25, 0.3) is 0 Å². The van der Waals surface area contributed by atoms with Crippen LogP contribution in [0.1, 0.15) is 39.0 Å². The number of para-hydroxylation sites is 1. The second-order valence-electron chi connectivity index (χ2n) is 6.66. The lowest BCUT2D eigenvalue weighted by atomic mass is 9.97. The second-order valence-corrected chi connectivity index (χ2v) is 6.66. The highest BCUT2D eigenvalue weighted by molar-refractivity contribution is 5.92. The summed E-state index contributed by atoms with van der Waals surface area (Å²) in [7, 11) is 0. The first-order valence-corrected chi connectivity index (χ1v) is 9.40. The number of halogens is 2. The largest absolute Gasteiger partial charge is 0.355 e. The molecule has 2 amide bonds. The van der Waals surface area contributed by atoms with Crippen molar-refractivity contribution in [1.29, 1.82) is 0 Å². The molecule has 27 heavy (non-hydrogen) atoms. The molecule has 7 heteroatoms. The Morgan fingerprint density at radius 3 is 2.44 bits per heavy atom. The maximum atomic E-state index is 13.6. The molecule has 0 atom stereocenters. The summed E-state index contributed by atoms with van der Waals surface area (Å²) in [6.07, 6.45) is 7.76. The van der Waals surface area contributed by atoms with Crippen LogP contribution in [-0.2, 0) is 9.59 Å². The number of hydrogen-bond donors (Lipinski definition) is 2. The molecule has 0 saturated heterocycles. The Bertz CT molecular complexity index is 672. The van der Waals surface area contributed by atoms with Crippen LogP contribution in [0.4, 0.5) is 14.5 Å².